The Hall–Kier alpha value is -2.10. The lowest BCUT2D eigenvalue weighted by atomic mass is 9.95. The summed E-state index contributed by atoms with van der Waals surface area (Å²) in [5.74, 6) is 0.691. The zero-order valence-corrected chi connectivity index (χ0v) is 13.4. The molecule has 1 aromatic carbocycles. The van der Waals surface area contributed by atoms with Crippen LogP contribution in [0.5, 0.6) is 0 Å². The third-order valence-corrected chi connectivity index (χ3v) is 5.20. The summed E-state index contributed by atoms with van der Waals surface area (Å²) in [5, 5.41) is 7.42. The van der Waals surface area contributed by atoms with E-state index in [2.05, 4.69) is 40.5 Å². The Morgan fingerprint density at radius 1 is 1.22 bits per heavy atom. The van der Waals surface area contributed by atoms with Crippen LogP contribution in [0.2, 0.25) is 0 Å². The first-order chi connectivity index (χ1) is 11.3. The van der Waals surface area contributed by atoms with E-state index in [1.165, 1.54) is 29.7 Å². The van der Waals surface area contributed by atoms with Gasteiger partial charge >= 0.3 is 0 Å². The fraction of sp³-hybridized carbons (Fsp3) is 0.474. The van der Waals surface area contributed by atoms with E-state index in [0.717, 1.165) is 38.8 Å². The molecule has 1 atom stereocenters. The Kier molecular flexibility index (Phi) is 3.90. The number of hydrogen-bond acceptors (Lipinski definition) is 2. The zero-order chi connectivity index (χ0) is 15.6. The molecule has 2 heterocycles. The van der Waals surface area contributed by atoms with Crippen molar-refractivity contribution in [3.63, 3.8) is 0 Å². The number of fused-ring (bicyclic) bond motifs is 1. The van der Waals surface area contributed by atoms with Gasteiger partial charge in [-0.05, 0) is 50.0 Å². The van der Waals surface area contributed by atoms with Crippen LogP contribution in [0.1, 0.15) is 46.6 Å². The number of rotatable bonds is 3. The van der Waals surface area contributed by atoms with Crippen LogP contribution < -0.4 is 0 Å². The van der Waals surface area contributed by atoms with Crippen LogP contribution in [0.15, 0.2) is 30.3 Å². The van der Waals surface area contributed by atoms with Crippen molar-refractivity contribution in [2.24, 2.45) is 5.92 Å². The molecule has 1 fully saturated rings. The minimum absolute atomic E-state index is 0.125. The minimum Gasteiger partial charge on any atom is -0.337 e. The first-order valence-corrected chi connectivity index (χ1v) is 8.70. The Balaban J connectivity index is 1.43. The van der Waals surface area contributed by atoms with Gasteiger partial charge in [0.15, 0.2) is 5.69 Å². The molecule has 4 nitrogen and oxygen atoms in total. The van der Waals surface area contributed by atoms with E-state index < -0.39 is 0 Å². The number of aryl methyl sites for hydroxylation is 1. The monoisotopic (exact) mass is 309 g/mol. The van der Waals surface area contributed by atoms with Crippen molar-refractivity contribution >= 4 is 5.91 Å². The number of likely N-dealkylation sites (tertiary alicyclic amines) is 1. The molecule has 4 heteroatoms. The maximum Gasteiger partial charge on any atom is 0.274 e. The fourth-order valence-electron chi connectivity index (χ4n) is 3.94. The van der Waals surface area contributed by atoms with E-state index in [1.807, 2.05) is 4.90 Å². The van der Waals surface area contributed by atoms with Crippen molar-refractivity contribution in [1.29, 1.82) is 0 Å². The molecule has 120 valence electrons. The number of nitrogens with one attached hydrogen (secondary N) is 1. The number of aromatic nitrogens is 2. The van der Waals surface area contributed by atoms with Gasteiger partial charge in [-0.3, -0.25) is 9.89 Å². The van der Waals surface area contributed by atoms with Crippen LogP contribution in [-0.4, -0.2) is 34.1 Å². The van der Waals surface area contributed by atoms with Gasteiger partial charge in [0.25, 0.3) is 5.91 Å². The summed E-state index contributed by atoms with van der Waals surface area (Å²) in [6, 6.07) is 10.6. The summed E-state index contributed by atoms with van der Waals surface area (Å²) in [7, 11) is 0. The second-order valence-corrected chi connectivity index (χ2v) is 6.83. The summed E-state index contributed by atoms with van der Waals surface area (Å²) in [5.41, 5.74) is 4.40. The molecule has 0 bridgehead atoms. The van der Waals surface area contributed by atoms with Crippen LogP contribution in [0.4, 0.5) is 0 Å². The van der Waals surface area contributed by atoms with Crippen molar-refractivity contribution in [3.8, 4) is 0 Å². The molecular formula is C19H23N3O. The average molecular weight is 309 g/mol. The summed E-state index contributed by atoms with van der Waals surface area (Å²) < 4.78 is 0. The van der Waals surface area contributed by atoms with E-state index in [0.29, 0.717) is 11.6 Å². The summed E-state index contributed by atoms with van der Waals surface area (Å²) in [6.07, 6.45) is 6.55. The standard InChI is InChI=1S/C19H23N3O/c23-19(18-16-8-4-5-9-17(16)20-21-18)22-11-10-15(13-22)12-14-6-2-1-3-7-14/h1-3,6-7,15H,4-5,8-13H2,(H,20,21). The van der Waals surface area contributed by atoms with Gasteiger partial charge in [-0.2, -0.15) is 5.10 Å². The van der Waals surface area contributed by atoms with Gasteiger partial charge in [-0.25, -0.2) is 0 Å². The number of carbonyl (C=O) groups is 1. The molecule has 1 saturated heterocycles. The highest BCUT2D eigenvalue weighted by molar-refractivity contribution is 5.94. The van der Waals surface area contributed by atoms with Crippen LogP contribution >= 0.6 is 0 Å². The van der Waals surface area contributed by atoms with E-state index in [4.69, 9.17) is 0 Å². The molecule has 1 aliphatic carbocycles. The first-order valence-electron chi connectivity index (χ1n) is 8.70. The maximum absolute atomic E-state index is 12.8. The Bertz CT molecular complexity index is 692. The van der Waals surface area contributed by atoms with Crippen molar-refractivity contribution < 1.29 is 4.79 Å². The van der Waals surface area contributed by atoms with Gasteiger partial charge in [-0.15, -0.1) is 0 Å². The van der Waals surface area contributed by atoms with Crippen molar-refractivity contribution in [2.45, 2.75) is 38.5 Å². The summed E-state index contributed by atoms with van der Waals surface area (Å²) in [4.78, 5) is 14.8. The fourth-order valence-corrected chi connectivity index (χ4v) is 3.94. The number of carbonyl (C=O) groups excluding carboxylic acids is 1. The lowest BCUT2D eigenvalue weighted by molar-refractivity contribution is 0.0780. The highest BCUT2D eigenvalue weighted by Crippen LogP contribution is 2.26. The summed E-state index contributed by atoms with van der Waals surface area (Å²) >= 11 is 0. The molecule has 2 aromatic rings. The number of nitrogens with zero attached hydrogens (tertiary/aromatic N) is 2. The smallest absolute Gasteiger partial charge is 0.274 e. The Morgan fingerprint density at radius 2 is 2.04 bits per heavy atom. The third-order valence-electron chi connectivity index (χ3n) is 5.20. The lowest BCUT2D eigenvalue weighted by Gasteiger charge is -2.17. The number of benzene rings is 1. The van der Waals surface area contributed by atoms with E-state index in [1.54, 1.807) is 0 Å². The molecule has 1 N–H and O–H groups in total. The van der Waals surface area contributed by atoms with Gasteiger partial charge in [0, 0.05) is 24.3 Å². The number of H-pyrrole nitrogens is 1. The molecule has 1 aliphatic heterocycles. The molecule has 0 radical (unpaired) electrons. The molecule has 23 heavy (non-hydrogen) atoms. The van der Waals surface area contributed by atoms with E-state index in [-0.39, 0.29) is 5.91 Å². The SMILES string of the molecule is O=C(c1n[nH]c2c1CCCC2)N1CCC(Cc2ccccc2)C1. The quantitative estimate of drug-likeness (QED) is 0.947. The molecule has 1 aromatic heterocycles. The van der Waals surface area contributed by atoms with Gasteiger partial charge in [0.1, 0.15) is 0 Å². The topological polar surface area (TPSA) is 49.0 Å². The molecule has 1 unspecified atom stereocenters. The zero-order valence-electron chi connectivity index (χ0n) is 13.4. The molecular weight excluding hydrogens is 286 g/mol. The highest BCUT2D eigenvalue weighted by atomic mass is 16.2. The van der Waals surface area contributed by atoms with E-state index in [9.17, 15) is 4.79 Å². The van der Waals surface area contributed by atoms with Gasteiger partial charge in [0.05, 0.1) is 0 Å². The molecule has 0 spiro atoms. The average Bonchev–Trinajstić information content (AvgIpc) is 3.22. The number of aromatic amines is 1. The second-order valence-electron chi connectivity index (χ2n) is 6.83. The predicted molar refractivity (Wildman–Crippen MR) is 89.4 cm³/mol. The van der Waals surface area contributed by atoms with Gasteiger partial charge in [-0.1, -0.05) is 30.3 Å². The predicted octanol–water partition coefficient (Wildman–Crippen LogP) is 2.99. The Labute approximate surface area is 136 Å². The van der Waals surface area contributed by atoms with Gasteiger partial charge in [0.2, 0.25) is 0 Å². The van der Waals surface area contributed by atoms with Gasteiger partial charge < -0.3 is 4.90 Å². The number of amides is 1. The molecule has 2 aliphatic rings. The second kappa shape index (κ2) is 6.19. The largest absolute Gasteiger partial charge is 0.337 e. The minimum atomic E-state index is 0.125. The molecule has 4 rings (SSSR count). The Morgan fingerprint density at radius 3 is 2.91 bits per heavy atom. The normalized spacial score (nSPS) is 20.5. The first kappa shape index (κ1) is 14.5. The van der Waals surface area contributed by atoms with Crippen molar-refractivity contribution in [1.82, 2.24) is 15.1 Å². The third kappa shape index (κ3) is 2.90. The number of hydrogen-bond donors (Lipinski definition) is 1. The molecule has 0 saturated carbocycles. The van der Waals surface area contributed by atoms with Crippen molar-refractivity contribution in [3.05, 3.63) is 52.8 Å². The lowest BCUT2D eigenvalue weighted by Crippen LogP contribution is -2.30. The van der Waals surface area contributed by atoms with Crippen LogP contribution in [0.25, 0.3) is 0 Å². The van der Waals surface area contributed by atoms with Crippen LogP contribution in [0.3, 0.4) is 0 Å². The highest BCUT2D eigenvalue weighted by Gasteiger charge is 2.30. The van der Waals surface area contributed by atoms with E-state index >= 15 is 0 Å². The van der Waals surface area contributed by atoms with Crippen LogP contribution in [-0.2, 0) is 19.3 Å². The van der Waals surface area contributed by atoms with Crippen molar-refractivity contribution in [2.75, 3.05) is 13.1 Å². The molecule has 1 amide bonds. The van der Waals surface area contributed by atoms with Crippen LogP contribution in [0, 0.1) is 5.92 Å². The maximum atomic E-state index is 12.8. The summed E-state index contributed by atoms with van der Waals surface area (Å²) in [6.45, 7) is 1.72.